The summed E-state index contributed by atoms with van der Waals surface area (Å²) in [5.74, 6) is 0.469. The fraction of sp³-hybridized carbons (Fsp3) is 0.806. The van der Waals surface area contributed by atoms with E-state index >= 15 is 0 Å². The molecule has 0 radical (unpaired) electrons. The molecule has 0 bridgehead atoms. The molecule has 0 aliphatic carbocycles. The van der Waals surface area contributed by atoms with Crippen molar-refractivity contribution in [2.75, 3.05) is 6.61 Å². The van der Waals surface area contributed by atoms with Crippen molar-refractivity contribution in [3.8, 4) is 17.2 Å². The van der Waals surface area contributed by atoms with Gasteiger partial charge in [0.25, 0.3) is 0 Å². The molecule has 0 aromatic heterocycles. The van der Waals surface area contributed by atoms with Crippen LogP contribution in [0.1, 0.15) is 154 Å². The highest BCUT2D eigenvalue weighted by Gasteiger charge is 2.19. The Bertz CT molecular complexity index is 611. The Kier molecular flexibility index (Phi) is 18.9. The first-order chi connectivity index (χ1) is 16.7. The third-order valence-corrected chi connectivity index (χ3v) is 7.00. The molecular weight excluding hydrogens is 420 g/mol. The Morgan fingerprint density at radius 1 is 0.559 bits per heavy atom. The molecule has 0 heterocycles. The molecule has 0 aliphatic heterocycles. The Labute approximate surface area is 211 Å². The van der Waals surface area contributed by atoms with Crippen molar-refractivity contribution < 1.29 is 14.9 Å². The summed E-state index contributed by atoms with van der Waals surface area (Å²) in [5, 5.41) is 21.1. The molecule has 0 aliphatic rings. The van der Waals surface area contributed by atoms with Crippen molar-refractivity contribution in [3.05, 3.63) is 17.2 Å². The van der Waals surface area contributed by atoms with Gasteiger partial charge in [-0.05, 0) is 43.7 Å². The molecule has 0 spiro atoms. The van der Waals surface area contributed by atoms with Crippen LogP contribution in [0.4, 0.5) is 0 Å². The number of hydrogen-bond acceptors (Lipinski definition) is 3. The molecule has 198 valence electrons. The van der Waals surface area contributed by atoms with E-state index in [1.165, 1.54) is 102 Å². The van der Waals surface area contributed by atoms with E-state index in [2.05, 4.69) is 20.8 Å². The Morgan fingerprint density at radius 3 is 1.53 bits per heavy atom. The maximum absolute atomic E-state index is 10.7. The lowest BCUT2D eigenvalue weighted by Crippen LogP contribution is -2.05. The number of phenolic OH excluding ortho intramolecular Hbond substituents is 2. The van der Waals surface area contributed by atoms with Crippen LogP contribution >= 0.6 is 0 Å². The van der Waals surface area contributed by atoms with Gasteiger partial charge in [0.2, 0.25) is 5.75 Å². The topological polar surface area (TPSA) is 49.7 Å². The summed E-state index contributed by atoms with van der Waals surface area (Å²) >= 11 is 0. The first-order valence-electron chi connectivity index (χ1n) is 14.8. The zero-order chi connectivity index (χ0) is 24.9. The Morgan fingerprint density at radius 2 is 1.00 bits per heavy atom. The van der Waals surface area contributed by atoms with E-state index in [0.717, 1.165) is 44.1 Å². The Hall–Kier alpha value is -1.38. The van der Waals surface area contributed by atoms with Crippen molar-refractivity contribution in [3.63, 3.8) is 0 Å². The van der Waals surface area contributed by atoms with Gasteiger partial charge in [0.1, 0.15) is 0 Å². The number of aromatic hydroxyl groups is 2. The van der Waals surface area contributed by atoms with Gasteiger partial charge in [0, 0.05) is 5.56 Å². The van der Waals surface area contributed by atoms with Gasteiger partial charge < -0.3 is 14.9 Å². The highest BCUT2D eigenvalue weighted by Crippen LogP contribution is 2.42. The minimum Gasteiger partial charge on any atom is -0.504 e. The monoisotopic (exact) mass is 476 g/mol. The molecule has 34 heavy (non-hydrogen) atoms. The fourth-order valence-electron chi connectivity index (χ4n) is 4.79. The summed E-state index contributed by atoms with van der Waals surface area (Å²) in [6.07, 6.45) is 25.6. The maximum atomic E-state index is 10.7. The van der Waals surface area contributed by atoms with Gasteiger partial charge in [-0.3, -0.25) is 0 Å². The summed E-state index contributed by atoms with van der Waals surface area (Å²) in [6, 6.07) is 1.80. The summed E-state index contributed by atoms with van der Waals surface area (Å²) in [6.45, 7) is 7.36. The molecule has 2 N–H and O–H groups in total. The number of ether oxygens (including phenoxy) is 1. The van der Waals surface area contributed by atoms with Gasteiger partial charge in [0.15, 0.2) is 11.5 Å². The van der Waals surface area contributed by atoms with Crippen molar-refractivity contribution in [1.82, 2.24) is 0 Å². The average molecular weight is 477 g/mol. The van der Waals surface area contributed by atoms with Crippen molar-refractivity contribution in [1.29, 1.82) is 0 Å². The van der Waals surface area contributed by atoms with Crippen LogP contribution in [0.15, 0.2) is 6.07 Å². The minimum atomic E-state index is -0.0604. The number of benzene rings is 1. The van der Waals surface area contributed by atoms with E-state index in [0.29, 0.717) is 12.4 Å². The van der Waals surface area contributed by atoms with Gasteiger partial charge in [0.05, 0.1) is 6.61 Å². The lowest BCUT2D eigenvalue weighted by Gasteiger charge is -2.18. The molecular formula is C31H56O3. The zero-order valence-electron chi connectivity index (χ0n) is 22.9. The second kappa shape index (κ2) is 20.9. The van der Waals surface area contributed by atoms with E-state index in [9.17, 15) is 10.2 Å². The molecule has 1 aromatic carbocycles. The number of phenols is 2. The van der Waals surface area contributed by atoms with E-state index in [1.807, 2.05) is 0 Å². The van der Waals surface area contributed by atoms with E-state index in [-0.39, 0.29) is 11.5 Å². The summed E-state index contributed by atoms with van der Waals surface area (Å²) in [4.78, 5) is 0. The average Bonchev–Trinajstić information content (AvgIpc) is 2.83. The number of aryl methyl sites for hydroxylation is 1. The largest absolute Gasteiger partial charge is 0.504 e. The molecule has 3 nitrogen and oxygen atoms in total. The van der Waals surface area contributed by atoms with Gasteiger partial charge in [-0.25, -0.2) is 0 Å². The van der Waals surface area contributed by atoms with Crippen LogP contribution in [0.3, 0.4) is 0 Å². The van der Waals surface area contributed by atoms with Crippen LogP contribution in [-0.2, 0) is 12.8 Å². The summed E-state index contributed by atoms with van der Waals surface area (Å²) in [5.41, 5.74) is 2.32. The van der Waals surface area contributed by atoms with Crippen LogP contribution < -0.4 is 4.74 Å². The van der Waals surface area contributed by atoms with E-state index < -0.39 is 0 Å². The number of hydrogen-bond donors (Lipinski definition) is 2. The van der Waals surface area contributed by atoms with Gasteiger partial charge in [-0.2, -0.15) is 0 Å². The second-order valence-corrected chi connectivity index (χ2v) is 10.2. The maximum Gasteiger partial charge on any atom is 0.200 e. The van der Waals surface area contributed by atoms with Crippen LogP contribution in [-0.4, -0.2) is 16.8 Å². The van der Waals surface area contributed by atoms with Crippen LogP contribution in [0.2, 0.25) is 0 Å². The van der Waals surface area contributed by atoms with Gasteiger partial charge in [-0.15, -0.1) is 0 Å². The highest BCUT2D eigenvalue weighted by molar-refractivity contribution is 5.58. The molecule has 0 saturated heterocycles. The quantitative estimate of drug-likeness (QED) is 0.122. The lowest BCUT2D eigenvalue weighted by molar-refractivity contribution is 0.279. The first-order valence-corrected chi connectivity index (χ1v) is 14.8. The standard InChI is InChI=1S/C31H56O3/c1-4-7-10-13-15-17-20-23-27-26-29(32)30(33)31(34-25-22-19-12-9-6-3)28(27)24-21-18-16-14-11-8-5-2/h26,32-33H,4-25H2,1-3H3. The molecule has 1 aromatic rings. The van der Waals surface area contributed by atoms with Crippen LogP contribution in [0, 0.1) is 0 Å². The first kappa shape index (κ1) is 30.7. The van der Waals surface area contributed by atoms with Gasteiger partial charge >= 0.3 is 0 Å². The minimum absolute atomic E-state index is 0.0257. The predicted molar refractivity (Wildman–Crippen MR) is 147 cm³/mol. The third kappa shape index (κ3) is 13.5. The van der Waals surface area contributed by atoms with E-state index in [1.54, 1.807) is 6.07 Å². The molecule has 0 amide bonds. The Balaban J connectivity index is 2.73. The SMILES string of the molecule is CCCCCCCCCc1cc(O)c(O)c(OCCCCCCC)c1CCCCCCCCC. The molecule has 0 atom stereocenters. The summed E-state index contributed by atoms with van der Waals surface area (Å²) < 4.78 is 6.14. The van der Waals surface area contributed by atoms with Gasteiger partial charge in [-0.1, -0.05) is 124 Å². The molecule has 0 unspecified atom stereocenters. The van der Waals surface area contributed by atoms with E-state index in [4.69, 9.17) is 4.74 Å². The number of unbranched alkanes of at least 4 members (excludes halogenated alkanes) is 16. The lowest BCUT2D eigenvalue weighted by atomic mass is 9.94. The molecule has 0 fully saturated rings. The molecule has 1 rings (SSSR count). The predicted octanol–water partition coefficient (Wildman–Crippen LogP) is 10.0. The summed E-state index contributed by atoms with van der Waals surface area (Å²) in [7, 11) is 0. The van der Waals surface area contributed by atoms with Crippen molar-refractivity contribution >= 4 is 0 Å². The third-order valence-electron chi connectivity index (χ3n) is 7.00. The molecule has 0 saturated carbocycles. The smallest absolute Gasteiger partial charge is 0.200 e. The fourth-order valence-corrected chi connectivity index (χ4v) is 4.79. The zero-order valence-corrected chi connectivity index (χ0v) is 22.9. The van der Waals surface area contributed by atoms with Crippen LogP contribution in [0.5, 0.6) is 17.2 Å². The van der Waals surface area contributed by atoms with Crippen molar-refractivity contribution in [2.24, 2.45) is 0 Å². The van der Waals surface area contributed by atoms with Crippen molar-refractivity contribution in [2.45, 2.75) is 156 Å². The normalized spacial score (nSPS) is 11.3. The second-order valence-electron chi connectivity index (χ2n) is 10.2. The number of rotatable bonds is 23. The van der Waals surface area contributed by atoms with Crippen LogP contribution in [0.25, 0.3) is 0 Å². The highest BCUT2D eigenvalue weighted by atomic mass is 16.5. The molecule has 3 heteroatoms.